The van der Waals surface area contributed by atoms with E-state index in [0.29, 0.717) is 0 Å². The van der Waals surface area contributed by atoms with E-state index in [9.17, 15) is 0 Å². The Balaban J connectivity index is 2.99. The van der Waals surface area contributed by atoms with Gasteiger partial charge in [-0.1, -0.05) is 63.1 Å². The molecule has 0 radical (unpaired) electrons. The van der Waals surface area contributed by atoms with Gasteiger partial charge >= 0.3 is 0 Å². The normalized spacial score (nSPS) is 12.3. The molecule has 0 aromatic heterocycles. The lowest BCUT2D eigenvalue weighted by molar-refractivity contribution is 0.509. The first-order valence-corrected chi connectivity index (χ1v) is 7.44. The highest BCUT2D eigenvalue weighted by Crippen LogP contribution is 2.34. The fourth-order valence-electron chi connectivity index (χ4n) is 3.09. The number of hydrogen-bond donors (Lipinski definition) is 0. The Kier molecular flexibility index (Phi) is 5.02. The first-order chi connectivity index (χ1) is 9.04. The highest BCUT2D eigenvalue weighted by molar-refractivity contribution is 5.33. The van der Waals surface area contributed by atoms with Crippen molar-refractivity contribution in [2.75, 3.05) is 0 Å². The fraction of sp³-hybridized carbons (Fsp3) is 0.500. The van der Waals surface area contributed by atoms with Crippen LogP contribution in [0.5, 0.6) is 0 Å². The Labute approximate surface area is 125 Å². The Bertz CT molecular complexity index is 436. The topological polar surface area (TPSA) is 0 Å². The van der Waals surface area contributed by atoms with Crippen LogP contribution in [0.3, 0.4) is 0 Å². The molecule has 110 valence electrons. The molecule has 0 atom stereocenters. The molecule has 0 aliphatic heterocycles. The molecule has 0 spiro atoms. The van der Waals surface area contributed by atoms with Gasteiger partial charge in [-0.15, -0.1) is 13.2 Å². The summed E-state index contributed by atoms with van der Waals surface area (Å²) in [6.45, 7) is 21.4. The Morgan fingerprint density at radius 2 is 1.00 bits per heavy atom. The van der Waals surface area contributed by atoms with Crippen molar-refractivity contribution < 1.29 is 0 Å². The summed E-state index contributed by atoms with van der Waals surface area (Å²) in [4.78, 5) is 0. The lowest BCUT2D eigenvalue weighted by Gasteiger charge is -2.29. The molecular formula is C20H30. The summed E-state index contributed by atoms with van der Waals surface area (Å²) in [5, 5.41) is 0. The zero-order valence-electron chi connectivity index (χ0n) is 14.1. The summed E-state index contributed by atoms with van der Waals surface area (Å²) in [6.07, 6.45) is 2.06. The molecule has 0 saturated heterocycles. The lowest BCUT2D eigenvalue weighted by atomic mass is 9.76. The zero-order valence-corrected chi connectivity index (χ0v) is 14.1. The van der Waals surface area contributed by atoms with Gasteiger partial charge in [-0.25, -0.2) is 0 Å². The van der Waals surface area contributed by atoms with Crippen molar-refractivity contribution in [3.05, 3.63) is 59.7 Å². The molecule has 1 aromatic rings. The molecule has 0 heteroatoms. The summed E-state index contributed by atoms with van der Waals surface area (Å²) < 4.78 is 0. The van der Waals surface area contributed by atoms with Crippen molar-refractivity contribution >= 4 is 0 Å². The van der Waals surface area contributed by atoms with Gasteiger partial charge in [0.15, 0.2) is 0 Å². The fourth-order valence-corrected chi connectivity index (χ4v) is 3.09. The summed E-state index contributed by atoms with van der Waals surface area (Å²) >= 11 is 0. The highest BCUT2D eigenvalue weighted by Gasteiger charge is 2.23. The van der Waals surface area contributed by atoms with E-state index in [1.807, 2.05) is 0 Å². The minimum atomic E-state index is 0.156. The second kappa shape index (κ2) is 5.99. The lowest BCUT2D eigenvalue weighted by Crippen LogP contribution is -2.20. The van der Waals surface area contributed by atoms with Crippen LogP contribution in [-0.4, -0.2) is 0 Å². The number of rotatable bonds is 6. The van der Waals surface area contributed by atoms with Gasteiger partial charge in [0.25, 0.3) is 0 Å². The first-order valence-electron chi connectivity index (χ1n) is 7.44. The molecule has 0 saturated carbocycles. The first kappa shape index (κ1) is 16.8. The number of allylic oxidation sites excluding steroid dienone is 2. The van der Waals surface area contributed by atoms with Gasteiger partial charge in [0.1, 0.15) is 0 Å². The predicted molar refractivity (Wildman–Crippen MR) is 91.4 cm³/mol. The molecule has 20 heavy (non-hydrogen) atoms. The quantitative estimate of drug-likeness (QED) is 0.542. The van der Waals surface area contributed by atoms with Crippen LogP contribution in [-0.2, 0) is 10.8 Å². The van der Waals surface area contributed by atoms with Crippen molar-refractivity contribution in [1.82, 2.24) is 0 Å². The number of benzene rings is 1. The van der Waals surface area contributed by atoms with Gasteiger partial charge in [0.05, 0.1) is 0 Å². The van der Waals surface area contributed by atoms with Crippen molar-refractivity contribution in [3.8, 4) is 0 Å². The van der Waals surface area contributed by atoms with E-state index in [1.54, 1.807) is 0 Å². The molecule has 0 aliphatic carbocycles. The molecule has 0 heterocycles. The number of hydrogen-bond acceptors (Lipinski definition) is 0. The Morgan fingerprint density at radius 3 is 1.20 bits per heavy atom. The molecule has 0 fully saturated rings. The van der Waals surface area contributed by atoms with Crippen LogP contribution in [0.25, 0.3) is 0 Å². The average molecular weight is 270 g/mol. The van der Waals surface area contributed by atoms with Gasteiger partial charge < -0.3 is 0 Å². The van der Waals surface area contributed by atoms with Crippen LogP contribution in [0.2, 0.25) is 0 Å². The highest BCUT2D eigenvalue weighted by atomic mass is 14.3. The molecule has 0 aliphatic rings. The second-order valence-corrected chi connectivity index (χ2v) is 7.61. The van der Waals surface area contributed by atoms with E-state index in [0.717, 1.165) is 12.8 Å². The summed E-state index contributed by atoms with van der Waals surface area (Å²) in [5.74, 6) is 0. The summed E-state index contributed by atoms with van der Waals surface area (Å²) in [7, 11) is 0. The minimum Gasteiger partial charge on any atom is -0.100 e. The van der Waals surface area contributed by atoms with Crippen LogP contribution in [0.4, 0.5) is 0 Å². The molecule has 1 rings (SSSR count). The monoisotopic (exact) mass is 270 g/mol. The van der Waals surface area contributed by atoms with Crippen molar-refractivity contribution in [2.24, 2.45) is 0 Å². The van der Waals surface area contributed by atoms with E-state index < -0.39 is 0 Å². The maximum atomic E-state index is 4.05. The summed E-state index contributed by atoms with van der Waals surface area (Å²) in [5.41, 5.74) is 5.56. The van der Waals surface area contributed by atoms with E-state index in [-0.39, 0.29) is 10.8 Å². The third-order valence-corrected chi connectivity index (χ3v) is 3.94. The van der Waals surface area contributed by atoms with Crippen LogP contribution in [0, 0.1) is 0 Å². The molecule has 0 unspecified atom stereocenters. The van der Waals surface area contributed by atoms with E-state index in [1.165, 1.54) is 22.3 Å². The van der Waals surface area contributed by atoms with Gasteiger partial charge in [-0.2, -0.15) is 0 Å². The molecule has 0 N–H and O–H groups in total. The largest absolute Gasteiger partial charge is 0.100 e. The standard InChI is InChI=1S/C20H30/c1-15(2)13-19(5,6)17-9-11-18(12-10-17)20(7,8)14-16(3)4/h9-12H,1,3,13-14H2,2,4-8H3. The minimum absolute atomic E-state index is 0.156. The zero-order chi connectivity index (χ0) is 15.6. The maximum Gasteiger partial charge on any atom is -0.00666 e. The molecule has 1 aromatic carbocycles. The van der Waals surface area contributed by atoms with Crippen LogP contribution in [0.1, 0.15) is 65.5 Å². The van der Waals surface area contributed by atoms with Crippen molar-refractivity contribution in [3.63, 3.8) is 0 Å². The van der Waals surface area contributed by atoms with Crippen molar-refractivity contribution in [2.45, 2.75) is 65.2 Å². The molecule has 0 nitrogen and oxygen atoms in total. The molecular weight excluding hydrogens is 240 g/mol. The van der Waals surface area contributed by atoms with E-state index >= 15 is 0 Å². The Morgan fingerprint density at radius 1 is 0.750 bits per heavy atom. The van der Waals surface area contributed by atoms with Crippen LogP contribution >= 0.6 is 0 Å². The maximum absolute atomic E-state index is 4.05. The predicted octanol–water partition coefficient (Wildman–Crippen LogP) is 6.17. The summed E-state index contributed by atoms with van der Waals surface area (Å²) in [6, 6.07) is 9.10. The SMILES string of the molecule is C=C(C)CC(C)(C)c1ccc(C(C)(C)CC(=C)C)cc1. The van der Waals surface area contributed by atoms with Gasteiger partial charge in [0.2, 0.25) is 0 Å². The second-order valence-electron chi connectivity index (χ2n) is 7.61. The molecule has 0 amide bonds. The van der Waals surface area contributed by atoms with Crippen LogP contribution < -0.4 is 0 Å². The Hall–Kier alpha value is -1.30. The van der Waals surface area contributed by atoms with E-state index in [4.69, 9.17) is 0 Å². The van der Waals surface area contributed by atoms with Crippen LogP contribution in [0.15, 0.2) is 48.6 Å². The van der Waals surface area contributed by atoms with Gasteiger partial charge in [-0.3, -0.25) is 0 Å². The smallest absolute Gasteiger partial charge is 0.00666 e. The average Bonchev–Trinajstić information content (AvgIpc) is 2.25. The third kappa shape index (κ3) is 4.37. The van der Waals surface area contributed by atoms with Gasteiger partial charge in [0, 0.05) is 0 Å². The van der Waals surface area contributed by atoms with Crippen molar-refractivity contribution in [1.29, 1.82) is 0 Å². The molecule has 0 bridgehead atoms. The van der Waals surface area contributed by atoms with E-state index in [2.05, 4.69) is 79.0 Å². The third-order valence-electron chi connectivity index (χ3n) is 3.94. The van der Waals surface area contributed by atoms with Gasteiger partial charge in [-0.05, 0) is 48.6 Å².